The number of nitrogens with zero attached hydrogens (tertiary/aromatic N) is 2. The number of amides is 2. The van der Waals surface area contributed by atoms with E-state index in [4.69, 9.17) is 4.74 Å². The third kappa shape index (κ3) is 4.27. The molecule has 1 aliphatic rings. The maximum atomic E-state index is 12.6. The van der Waals surface area contributed by atoms with Gasteiger partial charge in [-0.3, -0.25) is 14.5 Å². The van der Waals surface area contributed by atoms with Gasteiger partial charge in [0.25, 0.3) is 11.1 Å². The smallest absolute Gasteiger partial charge is 0.293 e. The zero-order chi connectivity index (χ0) is 19.2. The Morgan fingerprint density at radius 1 is 1.15 bits per heavy atom. The quantitative estimate of drug-likeness (QED) is 0.553. The van der Waals surface area contributed by atoms with Crippen molar-refractivity contribution in [2.45, 2.75) is 6.54 Å². The van der Waals surface area contributed by atoms with Crippen molar-refractivity contribution in [2.75, 3.05) is 6.61 Å². The van der Waals surface area contributed by atoms with Crippen LogP contribution in [-0.4, -0.2) is 22.7 Å². The number of hydrogen-bond acceptors (Lipinski definition) is 5. The molecule has 2 aromatic carbocycles. The van der Waals surface area contributed by atoms with Gasteiger partial charge in [-0.25, -0.2) is 0 Å². The summed E-state index contributed by atoms with van der Waals surface area (Å²) in [6.07, 6.45) is 3.34. The van der Waals surface area contributed by atoms with E-state index < -0.39 is 0 Å². The first kappa shape index (κ1) is 18.5. The molecule has 1 saturated heterocycles. The largest absolute Gasteiger partial charge is 0.490 e. The van der Waals surface area contributed by atoms with Gasteiger partial charge in [-0.05, 0) is 47.2 Å². The summed E-state index contributed by atoms with van der Waals surface area (Å²) < 4.78 is 5.42. The van der Waals surface area contributed by atoms with Crippen LogP contribution in [0.5, 0.6) is 5.75 Å². The summed E-state index contributed by atoms with van der Waals surface area (Å²) in [4.78, 5) is 26.4. The second-order valence-corrected chi connectivity index (χ2v) is 6.70. The molecule has 0 unspecified atom stereocenters. The molecule has 0 spiro atoms. The number of thioether (sulfide) groups is 1. The second kappa shape index (κ2) is 8.39. The predicted molar refractivity (Wildman–Crippen MR) is 105 cm³/mol. The zero-order valence-corrected chi connectivity index (χ0v) is 15.2. The number of ether oxygens (including phenoxy) is 1. The van der Waals surface area contributed by atoms with Crippen LogP contribution in [0, 0.1) is 11.3 Å². The van der Waals surface area contributed by atoms with Crippen LogP contribution in [0.2, 0.25) is 0 Å². The normalized spacial score (nSPS) is 15.1. The molecule has 0 radical (unpaired) electrons. The highest BCUT2D eigenvalue weighted by atomic mass is 32.2. The van der Waals surface area contributed by atoms with Crippen LogP contribution in [-0.2, 0) is 11.3 Å². The highest BCUT2D eigenvalue weighted by Gasteiger charge is 2.35. The minimum atomic E-state index is -0.357. The Morgan fingerprint density at radius 2 is 1.89 bits per heavy atom. The van der Waals surface area contributed by atoms with Gasteiger partial charge in [-0.2, -0.15) is 5.26 Å². The van der Waals surface area contributed by atoms with Crippen molar-refractivity contribution in [3.05, 3.63) is 82.8 Å². The lowest BCUT2D eigenvalue weighted by Gasteiger charge is -2.13. The Balaban J connectivity index is 1.76. The van der Waals surface area contributed by atoms with Gasteiger partial charge in [-0.15, -0.1) is 0 Å². The predicted octanol–water partition coefficient (Wildman–Crippen LogP) is 4.36. The molecular weight excluding hydrogens is 360 g/mol. The van der Waals surface area contributed by atoms with Crippen molar-refractivity contribution in [1.82, 2.24) is 4.90 Å². The molecule has 2 aromatic rings. The van der Waals surface area contributed by atoms with Crippen molar-refractivity contribution < 1.29 is 14.3 Å². The molecular formula is C21H16N2O3S. The topological polar surface area (TPSA) is 70.4 Å². The Bertz CT molecular complexity index is 958. The lowest BCUT2D eigenvalue weighted by Crippen LogP contribution is -2.27. The lowest BCUT2D eigenvalue weighted by molar-refractivity contribution is -0.123. The molecule has 3 rings (SSSR count). The number of benzene rings is 2. The second-order valence-electron chi connectivity index (χ2n) is 5.71. The third-order valence-corrected chi connectivity index (χ3v) is 4.79. The molecule has 2 amide bonds. The van der Waals surface area contributed by atoms with E-state index in [-0.39, 0.29) is 17.7 Å². The van der Waals surface area contributed by atoms with E-state index in [1.165, 1.54) is 0 Å². The van der Waals surface area contributed by atoms with Gasteiger partial charge in [0.05, 0.1) is 23.1 Å². The molecule has 1 aliphatic heterocycles. The van der Waals surface area contributed by atoms with Gasteiger partial charge in [0.1, 0.15) is 12.4 Å². The van der Waals surface area contributed by atoms with E-state index in [9.17, 15) is 14.9 Å². The molecule has 0 bridgehead atoms. The van der Waals surface area contributed by atoms with Crippen LogP contribution in [0.3, 0.4) is 0 Å². The van der Waals surface area contributed by atoms with Crippen molar-refractivity contribution >= 4 is 29.0 Å². The molecule has 0 N–H and O–H groups in total. The summed E-state index contributed by atoms with van der Waals surface area (Å²) in [7, 11) is 0. The fourth-order valence-electron chi connectivity index (χ4n) is 2.54. The summed E-state index contributed by atoms with van der Waals surface area (Å²) in [5, 5.41) is 8.83. The number of rotatable bonds is 6. The van der Waals surface area contributed by atoms with Crippen LogP contribution < -0.4 is 4.74 Å². The summed E-state index contributed by atoms with van der Waals surface area (Å²) >= 11 is 0.899. The molecule has 0 aromatic heterocycles. The molecule has 5 nitrogen and oxygen atoms in total. The standard InChI is InChI=1S/C21H16N2O3S/c1-2-11-26-18-9-7-15(8-10-18)12-19-20(24)23(21(25)27-19)14-17-6-4-3-5-16(17)13-22/h2-10,12H,1,11,14H2/b19-12+. The number of imide groups is 1. The Morgan fingerprint density at radius 3 is 2.59 bits per heavy atom. The van der Waals surface area contributed by atoms with E-state index in [0.29, 0.717) is 28.4 Å². The number of carbonyl (C=O) groups is 2. The van der Waals surface area contributed by atoms with Crippen LogP contribution >= 0.6 is 11.8 Å². The zero-order valence-electron chi connectivity index (χ0n) is 14.4. The maximum absolute atomic E-state index is 12.6. The molecule has 0 saturated carbocycles. The SMILES string of the molecule is C=CCOc1ccc(/C=C2/SC(=O)N(Cc3ccccc3C#N)C2=O)cc1. The first-order valence-electron chi connectivity index (χ1n) is 8.19. The fourth-order valence-corrected chi connectivity index (χ4v) is 3.38. The number of carbonyl (C=O) groups excluding carboxylic acids is 2. The summed E-state index contributed by atoms with van der Waals surface area (Å²) in [5.41, 5.74) is 1.90. The molecule has 134 valence electrons. The highest BCUT2D eigenvalue weighted by Crippen LogP contribution is 2.33. The third-order valence-electron chi connectivity index (χ3n) is 3.89. The molecule has 1 heterocycles. The Labute approximate surface area is 161 Å². The average Bonchev–Trinajstić information content (AvgIpc) is 2.95. The monoisotopic (exact) mass is 376 g/mol. The maximum Gasteiger partial charge on any atom is 0.293 e. The van der Waals surface area contributed by atoms with Crippen molar-refractivity contribution in [3.63, 3.8) is 0 Å². The molecule has 6 heteroatoms. The van der Waals surface area contributed by atoms with Gasteiger partial charge in [0.15, 0.2) is 0 Å². The van der Waals surface area contributed by atoms with E-state index >= 15 is 0 Å². The van der Waals surface area contributed by atoms with Crippen LogP contribution in [0.15, 0.2) is 66.1 Å². The summed E-state index contributed by atoms with van der Waals surface area (Å²) in [6.45, 7) is 4.10. The van der Waals surface area contributed by atoms with Gasteiger partial charge >= 0.3 is 0 Å². The molecule has 27 heavy (non-hydrogen) atoms. The van der Waals surface area contributed by atoms with E-state index in [0.717, 1.165) is 22.2 Å². The van der Waals surface area contributed by atoms with E-state index in [1.807, 2.05) is 12.1 Å². The summed E-state index contributed by atoms with van der Waals surface area (Å²) in [6, 6.07) is 16.2. The van der Waals surface area contributed by atoms with Gasteiger partial charge < -0.3 is 4.74 Å². The minimum Gasteiger partial charge on any atom is -0.490 e. The molecule has 1 fully saturated rings. The van der Waals surface area contributed by atoms with Crippen LogP contribution in [0.1, 0.15) is 16.7 Å². The minimum absolute atomic E-state index is 0.0834. The number of nitriles is 1. The van der Waals surface area contributed by atoms with Crippen LogP contribution in [0.25, 0.3) is 6.08 Å². The van der Waals surface area contributed by atoms with Gasteiger partial charge in [-0.1, -0.05) is 43.0 Å². The van der Waals surface area contributed by atoms with Crippen molar-refractivity contribution in [1.29, 1.82) is 5.26 Å². The van der Waals surface area contributed by atoms with Gasteiger partial charge in [0, 0.05) is 0 Å². The first-order valence-corrected chi connectivity index (χ1v) is 9.01. The summed E-state index contributed by atoms with van der Waals surface area (Å²) in [5.74, 6) is 0.345. The molecule has 0 aliphatic carbocycles. The Hall–Kier alpha value is -3.30. The highest BCUT2D eigenvalue weighted by molar-refractivity contribution is 8.18. The Kier molecular flexibility index (Phi) is 5.74. The molecule has 0 atom stereocenters. The van der Waals surface area contributed by atoms with Crippen molar-refractivity contribution in [2.24, 2.45) is 0 Å². The average molecular weight is 376 g/mol. The van der Waals surface area contributed by atoms with E-state index in [1.54, 1.807) is 48.6 Å². The van der Waals surface area contributed by atoms with E-state index in [2.05, 4.69) is 12.6 Å². The fraction of sp³-hybridized carbons (Fsp3) is 0.0952. The van der Waals surface area contributed by atoms with Gasteiger partial charge in [0.2, 0.25) is 0 Å². The number of hydrogen-bond donors (Lipinski definition) is 0. The van der Waals surface area contributed by atoms with Crippen molar-refractivity contribution in [3.8, 4) is 11.8 Å². The first-order chi connectivity index (χ1) is 13.1. The van der Waals surface area contributed by atoms with Crippen LogP contribution in [0.4, 0.5) is 4.79 Å². The lowest BCUT2D eigenvalue weighted by atomic mass is 10.1.